The molecule has 2 rings (SSSR count). The second kappa shape index (κ2) is 8.97. The normalized spacial score (nSPS) is 12.2. The molecule has 1 unspecified atom stereocenters. The van der Waals surface area contributed by atoms with Crippen LogP contribution in [-0.2, 0) is 10.0 Å². The molecule has 0 saturated carbocycles. The van der Waals surface area contributed by atoms with Crippen LogP contribution in [0.1, 0.15) is 35.8 Å². The summed E-state index contributed by atoms with van der Waals surface area (Å²) in [5.74, 6) is 0.166. The Labute approximate surface area is 166 Å². The Morgan fingerprint density at radius 3 is 2.21 bits per heavy atom. The van der Waals surface area contributed by atoms with E-state index in [9.17, 15) is 13.2 Å². The first-order valence-electron chi connectivity index (χ1n) is 8.83. The molecule has 2 aromatic rings. The molecule has 1 N–H and O–H groups in total. The van der Waals surface area contributed by atoms with Gasteiger partial charge in [-0.2, -0.15) is 0 Å². The molecule has 7 nitrogen and oxygen atoms in total. The van der Waals surface area contributed by atoms with Crippen molar-refractivity contribution in [3.63, 3.8) is 0 Å². The number of anilines is 1. The van der Waals surface area contributed by atoms with Crippen LogP contribution < -0.4 is 19.1 Å². The number of ether oxygens (including phenoxy) is 2. The average Bonchev–Trinajstić information content (AvgIpc) is 2.72. The number of carbonyl (C=O) groups is 1. The van der Waals surface area contributed by atoms with Crippen molar-refractivity contribution in [1.29, 1.82) is 0 Å². The fourth-order valence-corrected chi connectivity index (χ4v) is 3.59. The van der Waals surface area contributed by atoms with Crippen LogP contribution in [0.3, 0.4) is 0 Å². The number of hydrogen-bond donors (Lipinski definition) is 1. The highest BCUT2D eigenvalue weighted by Crippen LogP contribution is 2.36. The number of amides is 1. The van der Waals surface area contributed by atoms with Crippen LogP contribution >= 0.6 is 0 Å². The smallest absolute Gasteiger partial charge is 0.254 e. The van der Waals surface area contributed by atoms with Gasteiger partial charge in [-0.15, -0.1) is 0 Å². The molecule has 0 aromatic heterocycles. The van der Waals surface area contributed by atoms with Crippen LogP contribution in [-0.4, -0.2) is 41.3 Å². The second-order valence-electron chi connectivity index (χ2n) is 6.20. The largest absolute Gasteiger partial charge is 0.493 e. The molecular formula is C20H26N2O5S. The highest BCUT2D eigenvalue weighted by molar-refractivity contribution is 7.92. The minimum atomic E-state index is -3.58. The third-order valence-corrected chi connectivity index (χ3v) is 6.28. The molecule has 8 heteroatoms. The molecule has 0 fully saturated rings. The van der Waals surface area contributed by atoms with Gasteiger partial charge in [0.1, 0.15) is 0 Å². The van der Waals surface area contributed by atoms with E-state index in [4.69, 9.17) is 9.47 Å². The highest BCUT2D eigenvalue weighted by Gasteiger charge is 2.25. The predicted molar refractivity (Wildman–Crippen MR) is 110 cm³/mol. The Hall–Kier alpha value is -2.74. The highest BCUT2D eigenvalue weighted by atomic mass is 32.2. The van der Waals surface area contributed by atoms with Crippen LogP contribution in [0.25, 0.3) is 0 Å². The zero-order chi connectivity index (χ0) is 20.9. The van der Waals surface area contributed by atoms with Crippen molar-refractivity contribution in [1.82, 2.24) is 5.32 Å². The predicted octanol–water partition coefficient (Wildman–Crippen LogP) is 2.98. The number of rotatable bonds is 8. The van der Waals surface area contributed by atoms with Crippen molar-refractivity contribution >= 4 is 21.6 Å². The van der Waals surface area contributed by atoms with Crippen molar-refractivity contribution in [2.24, 2.45) is 0 Å². The average molecular weight is 407 g/mol. The topological polar surface area (TPSA) is 84.9 Å². The standard InChI is InChI=1S/C20H26N2O5S/c1-6-28(24,25)22(3)17-13-19(27-5)18(26-4)12-16(17)20(23)21-14(2)15-10-8-7-9-11-15/h7-14H,6H2,1-5H3,(H,21,23). The van der Waals surface area contributed by atoms with Gasteiger partial charge in [-0.25, -0.2) is 8.42 Å². The lowest BCUT2D eigenvalue weighted by Crippen LogP contribution is -2.32. The van der Waals surface area contributed by atoms with E-state index < -0.39 is 15.9 Å². The summed E-state index contributed by atoms with van der Waals surface area (Å²) < 4.78 is 36.5. The van der Waals surface area contributed by atoms with E-state index in [0.717, 1.165) is 9.87 Å². The van der Waals surface area contributed by atoms with E-state index in [-0.39, 0.29) is 23.0 Å². The first-order chi connectivity index (χ1) is 13.2. The molecular weight excluding hydrogens is 380 g/mol. The maximum Gasteiger partial charge on any atom is 0.254 e. The molecule has 152 valence electrons. The molecule has 0 saturated heterocycles. The first kappa shape index (κ1) is 21.6. The van der Waals surface area contributed by atoms with Crippen molar-refractivity contribution in [2.45, 2.75) is 19.9 Å². The Morgan fingerprint density at radius 2 is 1.68 bits per heavy atom. The quantitative estimate of drug-likeness (QED) is 0.728. The van der Waals surface area contributed by atoms with Crippen molar-refractivity contribution < 1.29 is 22.7 Å². The fourth-order valence-electron chi connectivity index (χ4n) is 2.75. The van der Waals surface area contributed by atoms with Crippen LogP contribution in [0.15, 0.2) is 42.5 Å². The maximum atomic E-state index is 13.0. The molecule has 0 aliphatic carbocycles. The summed E-state index contributed by atoms with van der Waals surface area (Å²) in [4.78, 5) is 13.0. The SMILES string of the molecule is CCS(=O)(=O)N(C)c1cc(OC)c(OC)cc1C(=O)NC(C)c1ccccc1. The van der Waals surface area contributed by atoms with Crippen molar-refractivity contribution in [3.05, 3.63) is 53.6 Å². The zero-order valence-corrected chi connectivity index (χ0v) is 17.5. The van der Waals surface area contributed by atoms with Crippen LogP contribution in [0, 0.1) is 0 Å². The number of benzene rings is 2. The number of carbonyl (C=O) groups excluding carboxylic acids is 1. The number of hydrogen-bond acceptors (Lipinski definition) is 5. The number of nitrogens with zero attached hydrogens (tertiary/aromatic N) is 1. The summed E-state index contributed by atoms with van der Waals surface area (Å²) in [7, 11) is 0.747. The molecule has 0 bridgehead atoms. The minimum absolute atomic E-state index is 0.0979. The zero-order valence-electron chi connectivity index (χ0n) is 16.7. The summed E-state index contributed by atoms with van der Waals surface area (Å²) in [5, 5.41) is 2.91. The molecule has 1 atom stereocenters. The fraction of sp³-hybridized carbons (Fsp3) is 0.350. The Bertz CT molecular complexity index is 929. The molecule has 0 aliphatic rings. The van der Waals surface area contributed by atoms with Gasteiger partial charge < -0.3 is 14.8 Å². The molecule has 0 heterocycles. The van der Waals surface area contributed by atoms with Gasteiger partial charge in [-0.05, 0) is 25.5 Å². The third kappa shape index (κ3) is 4.56. The molecule has 2 aromatic carbocycles. The number of methoxy groups -OCH3 is 2. The molecule has 0 radical (unpaired) electrons. The van der Waals surface area contributed by atoms with Gasteiger partial charge >= 0.3 is 0 Å². The number of sulfonamides is 1. The lowest BCUT2D eigenvalue weighted by atomic mass is 10.1. The molecule has 0 aliphatic heterocycles. The van der Waals surface area contributed by atoms with E-state index in [1.165, 1.54) is 33.4 Å². The summed E-state index contributed by atoms with van der Waals surface area (Å²) in [6, 6.07) is 12.2. The molecule has 0 spiro atoms. The van der Waals surface area contributed by atoms with E-state index in [1.807, 2.05) is 37.3 Å². The van der Waals surface area contributed by atoms with Crippen LogP contribution in [0.2, 0.25) is 0 Å². The Morgan fingerprint density at radius 1 is 1.11 bits per heavy atom. The van der Waals surface area contributed by atoms with E-state index >= 15 is 0 Å². The van der Waals surface area contributed by atoms with Crippen LogP contribution in [0.5, 0.6) is 11.5 Å². The Kier molecular flexibility index (Phi) is 6.90. The van der Waals surface area contributed by atoms with Gasteiger partial charge in [0.25, 0.3) is 5.91 Å². The first-order valence-corrected chi connectivity index (χ1v) is 10.4. The third-order valence-electron chi connectivity index (χ3n) is 4.51. The van der Waals surface area contributed by atoms with E-state index in [0.29, 0.717) is 11.5 Å². The summed E-state index contributed by atoms with van der Waals surface area (Å²) in [6.45, 7) is 3.41. The summed E-state index contributed by atoms with van der Waals surface area (Å²) >= 11 is 0. The van der Waals surface area contributed by atoms with Gasteiger partial charge in [0, 0.05) is 13.1 Å². The lowest BCUT2D eigenvalue weighted by molar-refractivity contribution is 0.0940. The van der Waals surface area contributed by atoms with Gasteiger partial charge in [-0.3, -0.25) is 9.10 Å². The monoisotopic (exact) mass is 406 g/mol. The van der Waals surface area contributed by atoms with Crippen LogP contribution in [0.4, 0.5) is 5.69 Å². The van der Waals surface area contributed by atoms with E-state index in [1.54, 1.807) is 6.92 Å². The Balaban J connectivity index is 2.49. The lowest BCUT2D eigenvalue weighted by Gasteiger charge is -2.24. The molecule has 1 amide bonds. The minimum Gasteiger partial charge on any atom is -0.493 e. The van der Waals surface area contributed by atoms with Gasteiger partial charge in [0.15, 0.2) is 11.5 Å². The summed E-state index contributed by atoms with van der Waals surface area (Å²) in [6.07, 6.45) is 0. The van der Waals surface area contributed by atoms with Crippen molar-refractivity contribution in [2.75, 3.05) is 31.3 Å². The van der Waals surface area contributed by atoms with Gasteiger partial charge in [0.2, 0.25) is 10.0 Å². The number of nitrogens with one attached hydrogen (secondary N) is 1. The molecule has 28 heavy (non-hydrogen) atoms. The second-order valence-corrected chi connectivity index (χ2v) is 8.49. The van der Waals surface area contributed by atoms with Gasteiger partial charge in [0.05, 0.1) is 37.3 Å². The summed E-state index contributed by atoms with van der Waals surface area (Å²) in [5.41, 5.74) is 1.34. The maximum absolute atomic E-state index is 13.0. The van der Waals surface area contributed by atoms with E-state index in [2.05, 4.69) is 5.32 Å². The van der Waals surface area contributed by atoms with Gasteiger partial charge in [-0.1, -0.05) is 30.3 Å². The van der Waals surface area contributed by atoms with Crippen molar-refractivity contribution in [3.8, 4) is 11.5 Å².